The highest BCUT2D eigenvalue weighted by molar-refractivity contribution is 6.31. The summed E-state index contributed by atoms with van der Waals surface area (Å²) in [4.78, 5) is 0.865. The van der Waals surface area contributed by atoms with Crippen molar-refractivity contribution in [1.82, 2.24) is 20.2 Å². The number of benzene rings is 2. The molecule has 3 rings (SSSR count). The van der Waals surface area contributed by atoms with Gasteiger partial charge in [-0.15, -0.1) is 10.2 Å². The number of hydrogen-bond acceptors (Lipinski definition) is 4. The van der Waals surface area contributed by atoms with Crippen LogP contribution in [0.4, 0.5) is 26.3 Å². The summed E-state index contributed by atoms with van der Waals surface area (Å²) in [5.41, 5.74) is -5.76. The van der Waals surface area contributed by atoms with E-state index in [1.165, 1.54) is 6.92 Å². The van der Waals surface area contributed by atoms with Crippen LogP contribution >= 0.6 is 23.2 Å². The average molecular weight is 485 g/mol. The molecule has 0 aliphatic heterocycles. The Morgan fingerprint density at radius 3 is 1.68 bits per heavy atom. The van der Waals surface area contributed by atoms with Gasteiger partial charge in [-0.05, 0) is 47.5 Å². The smallest absolute Gasteiger partial charge is 0.378 e. The van der Waals surface area contributed by atoms with Crippen molar-refractivity contribution in [1.29, 1.82) is 0 Å². The van der Waals surface area contributed by atoms with Crippen LogP contribution in [0.2, 0.25) is 10.0 Å². The molecule has 1 N–H and O–H groups in total. The molecule has 1 heterocycles. The first-order valence-corrected chi connectivity index (χ1v) is 9.21. The van der Waals surface area contributed by atoms with E-state index in [0.717, 1.165) is 35.4 Å². The van der Waals surface area contributed by atoms with E-state index < -0.39 is 45.2 Å². The molecule has 0 aliphatic carbocycles. The van der Waals surface area contributed by atoms with E-state index in [-0.39, 0.29) is 11.1 Å². The van der Waals surface area contributed by atoms with Gasteiger partial charge in [0.05, 0.1) is 21.2 Å². The highest BCUT2D eigenvalue weighted by Gasteiger charge is 2.44. The number of nitrogens with zero attached hydrogens (tertiary/aromatic N) is 4. The molecular weight excluding hydrogens is 473 g/mol. The van der Waals surface area contributed by atoms with E-state index in [2.05, 4.69) is 15.4 Å². The zero-order valence-electron chi connectivity index (χ0n) is 15.4. The van der Waals surface area contributed by atoms with Crippen molar-refractivity contribution < 1.29 is 31.4 Å². The van der Waals surface area contributed by atoms with Crippen LogP contribution in [0.1, 0.15) is 35.2 Å². The van der Waals surface area contributed by atoms with Crippen molar-refractivity contribution >= 4 is 23.2 Å². The lowest BCUT2D eigenvalue weighted by Gasteiger charge is -2.35. The predicted molar refractivity (Wildman–Crippen MR) is 98.4 cm³/mol. The molecule has 0 saturated heterocycles. The summed E-state index contributed by atoms with van der Waals surface area (Å²) in [7, 11) is 0. The molecule has 1 atom stereocenters. The Morgan fingerprint density at radius 1 is 0.871 bits per heavy atom. The summed E-state index contributed by atoms with van der Waals surface area (Å²) in [5, 5.41) is 21.2. The zero-order valence-corrected chi connectivity index (χ0v) is 16.9. The summed E-state index contributed by atoms with van der Waals surface area (Å²) >= 11 is 11.3. The van der Waals surface area contributed by atoms with Crippen LogP contribution in [-0.4, -0.2) is 25.3 Å². The second kappa shape index (κ2) is 7.95. The van der Waals surface area contributed by atoms with Crippen molar-refractivity contribution in [3.8, 4) is 0 Å². The number of alkyl halides is 6. The predicted octanol–water partition coefficient (Wildman–Crippen LogP) is 5.51. The minimum Gasteiger partial charge on any atom is -0.378 e. The Bertz CT molecular complexity index is 1020. The van der Waals surface area contributed by atoms with Gasteiger partial charge in [0.15, 0.2) is 6.33 Å². The number of tetrazole rings is 1. The molecule has 31 heavy (non-hydrogen) atoms. The number of halogens is 8. The Kier molecular flexibility index (Phi) is 5.98. The van der Waals surface area contributed by atoms with E-state index in [4.69, 9.17) is 23.2 Å². The topological polar surface area (TPSA) is 63.8 Å². The third kappa shape index (κ3) is 4.35. The first-order chi connectivity index (χ1) is 14.3. The second-order valence-corrected chi connectivity index (χ2v) is 7.40. The lowest BCUT2D eigenvalue weighted by Crippen LogP contribution is -2.38. The monoisotopic (exact) mass is 484 g/mol. The fourth-order valence-electron chi connectivity index (χ4n) is 3.13. The van der Waals surface area contributed by atoms with E-state index in [1.807, 2.05) is 0 Å². The van der Waals surface area contributed by atoms with Gasteiger partial charge in [-0.3, -0.25) is 0 Å². The fraction of sp³-hybridized carbons (Fsp3) is 0.278. The number of rotatable bonds is 4. The molecule has 0 bridgehead atoms. The molecule has 1 aromatic heterocycles. The Hall–Kier alpha value is -2.37. The van der Waals surface area contributed by atoms with E-state index in [0.29, 0.717) is 12.1 Å². The summed E-state index contributed by atoms with van der Waals surface area (Å²) in [5.74, 6) is 0. The van der Waals surface area contributed by atoms with Gasteiger partial charge in [-0.25, -0.2) is 0 Å². The Morgan fingerprint density at radius 2 is 1.32 bits per heavy atom. The van der Waals surface area contributed by atoms with Crippen molar-refractivity contribution in [2.45, 2.75) is 30.9 Å². The zero-order chi connectivity index (χ0) is 23.2. The lowest BCUT2D eigenvalue weighted by atomic mass is 9.79. The molecule has 0 fully saturated rings. The molecule has 0 saturated carbocycles. The van der Waals surface area contributed by atoms with Gasteiger partial charge in [0.25, 0.3) is 0 Å². The Balaban J connectivity index is 2.31. The van der Waals surface area contributed by atoms with E-state index >= 15 is 0 Å². The quantitative estimate of drug-likeness (QED) is 0.495. The molecule has 166 valence electrons. The second-order valence-electron chi connectivity index (χ2n) is 6.58. The van der Waals surface area contributed by atoms with Crippen LogP contribution in [0.25, 0.3) is 0 Å². The largest absolute Gasteiger partial charge is 0.417 e. The molecule has 0 aliphatic rings. The fourth-order valence-corrected chi connectivity index (χ4v) is 3.58. The summed E-state index contributed by atoms with van der Waals surface area (Å²) in [6.45, 7) is 1.31. The summed E-state index contributed by atoms with van der Waals surface area (Å²) in [6.07, 6.45) is -8.75. The van der Waals surface area contributed by atoms with Crippen LogP contribution in [0.5, 0.6) is 0 Å². The number of aromatic nitrogens is 4. The summed E-state index contributed by atoms with van der Waals surface area (Å²) < 4.78 is 80.4. The molecule has 3 aromatic rings. The van der Waals surface area contributed by atoms with Gasteiger partial charge in [0.2, 0.25) is 0 Å². The molecule has 13 heteroatoms. The van der Waals surface area contributed by atoms with Gasteiger partial charge < -0.3 is 5.11 Å². The van der Waals surface area contributed by atoms with Crippen molar-refractivity contribution in [3.05, 3.63) is 75.0 Å². The molecule has 0 spiro atoms. The van der Waals surface area contributed by atoms with Crippen LogP contribution in [0, 0.1) is 0 Å². The van der Waals surface area contributed by atoms with Gasteiger partial charge >= 0.3 is 12.4 Å². The van der Waals surface area contributed by atoms with Gasteiger partial charge in [0.1, 0.15) is 11.6 Å². The molecule has 0 amide bonds. The normalized spacial score (nSPS) is 14.0. The minimum absolute atomic E-state index is 0.385. The molecule has 1 unspecified atom stereocenters. The molecule has 0 radical (unpaired) electrons. The third-order valence-corrected chi connectivity index (χ3v) is 5.40. The highest BCUT2D eigenvalue weighted by atomic mass is 35.5. The minimum atomic E-state index is -4.88. The van der Waals surface area contributed by atoms with Crippen LogP contribution < -0.4 is 0 Å². The van der Waals surface area contributed by atoms with Gasteiger partial charge in [0, 0.05) is 0 Å². The third-order valence-electron chi connectivity index (χ3n) is 4.74. The van der Waals surface area contributed by atoms with Gasteiger partial charge in [-0.2, -0.15) is 31.1 Å². The number of hydrogen-bond donors (Lipinski definition) is 1. The number of aliphatic hydroxyl groups is 1. The molecular formula is C18H12Cl2F6N4O. The first kappa shape index (κ1) is 23.3. The highest BCUT2D eigenvalue weighted by Crippen LogP contribution is 2.45. The van der Waals surface area contributed by atoms with Gasteiger partial charge in [-0.1, -0.05) is 35.3 Å². The summed E-state index contributed by atoms with van der Waals surface area (Å²) in [6, 6.07) is 3.80. The van der Waals surface area contributed by atoms with Crippen LogP contribution in [-0.2, 0) is 18.0 Å². The van der Waals surface area contributed by atoms with E-state index in [1.54, 1.807) is 0 Å². The van der Waals surface area contributed by atoms with Crippen LogP contribution in [0.3, 0.4) is 0 Å². The average Bonchev–Trinajstić information content (AvgIpc) is 3.20. The maximum Gasteiger partial charge on any atom is 0.417 e. The lowest BCUT2D eigenvalue weighted by molar-refractivity contribution is -0.138. The van der Waals surface area contributed by atoms with Crippen molar-refractivity contribution in [2.24, 2.45) is 0 Å². The van der Waals surface area contributed by atoms with Crippen molar-refractivity contribution in [3.63, 3.8) is 0 Å². The standard InChI is InChI=1S/C18H12Cl2F6N4O/c1-9(30-28-8-27-29-30)16(31,10-2-4-14(19)12(6-10)17(21,22)23)11-3-5-15(20)13(7-11)18(24,25)26/h2-9,31H,1H3. The Labute approximate surface area is 181 Å². The maximum atomic E-state index is 13.4. The maximum absolute atomic E-state index is 13.4. The van der Waals surface area contributed by atoms with Crippen molar-refractivity contribution in [2.75, 3.05) is 0 Å². The molecule has 2 aromatic carbocycles. The first-order valence-electron chi connectivity index (χ1n) is 8.45. The molecule has 5 nitrogen and oxygen atoms in total. The SMILES string of the molecule is CC(n1ncnn1)C(O)(c1ccc(Cl)c(C(F)(F)F)c1)c1ccc(Cl)c(C(F)(F)F)c1. The van der Waals surface area contributed by atoms with E-state index in [9.17, 15) is 31.4 Å². The van der Waals surface area contributed by atoms with Crippen LogP contribution in [0.15, 0.2) is 42.7 Å².